The van der Waals surface area contributed by atoms with E-state index in [4.69, 9.17) is 4.74 Å². The molecule has 1 amide bonds. The Kier molecular flexibility index (Phi) is 8.46. The van der Waals surface area contributed by atoms with E-state index < -0.39 is 5.60 Å². The minimum absolute atomic E-state index is 0.0843. The van der Waals surface area contributed by atoms with E-state index in [1.165, 1.54) is 0 Å². The highest BCUT2D eigenvalue weighted by Crippen LogP contribution is 2.09. The van der Waals surface area contributed by atoms with Gasteiger partial charge in [-0.25, -0.2) is 0 Å². The molecular formula is C15H30N2O3. The molecule has 0 radical (unpaired) electrons. The van der Waals surface area contributed by atoms with Crippen molar-refractivity contribution >= 4 is 11.9 Å². The van der Waals surface area contributed by atoms with Gasteiger partial charge in [0, 0.05) is 19.0 Å². The third-order valence-electron chi connectivity index (χ3n) is 2.81. The molecule has 0 aliphatic rings. The largest absolute Gasteiger partial charge is 0.460 e. The highest BCUT2D eigenvalue weighted by molar-refractivity contribution is 5.81. The van der Waals surface area contributed by atoms with Crippen LogP contribution >= 0.6 is 0 Å². The van der Waals surface area contributed by atoms with E-state index in [0.29, 0.717) is 0 Å². The molecule has 0 aromatic heterocycles. The standard InChI is InChI=1S/C15H30N2O3/c1-7-17(8-2)11-12(3)16-13(18)9-10-14(19)20-15(4,5)6/h12H,7-11H2,1-6H3,(H,16,18). The van der Waals surface area contributed by atoms with Gasteiger partial charge in [-0.3, -0.25) is 9.59 Å². The Hall–Kier alpha value is -1.10. The highest BCUT2D eigenvalue weighted by Gasteiger charge is 2.17. The average Bonchev–Trinajstić information content (AvgIpc) is 2.31. The molecule has 0 heterocycles. The lowest BCUT2D eigenvalue weighted by atomic mass is 10.2. The number of nitrogens with zero attached hydrogens (tertiary/aromatic N) is 1. The van der Waals surface area contributed by atoms with Crippen LogP contribution in [0.4, 0.5) is 0 Å². The molecule has 0 fully saturated rings. The molecule has 0 rings (SSSR count). The third kappa shape index (κ3) is 9.78. The van der Waals surface area contributed by atoms with E-state index in [-0.39, 0.29) is 30.8 Å². The topological polar surface area (TPSA) is 58.6 Å². The molecule has 0 aliphatic carbocycles. The van der Waals surface area contributed by atoms with Crippen LogP contribution in [0.15, 0.2) is 0 Å². The van der Waals surface area contributed by atoms with E-state index in [9.17, 15) is 9.59 Å². The number of hydrogen-bond acceptors (Lipinski definition) is 4. The molecule has 0 aromatic carbocycles. The first-order valence-corrected chi connectivity index (χ1v) is 7.41. The summed E-state index contributed by atoms with van der Waals surface area (Å²) in [5.41, 5.74) is -0.496. The maximum absolute atomic E-state index is 11.7. The Morgan fingerprint density at radius 3 is 2.15 bits per heavy atom. The first-order chi connectivity index (χ1) is 9.17. The minimum Gasteiger partial charge on any atom is -0.460 e. The van der Waals surface area contributed by atoms with Crippen LogP contribution in [-0.2, 0) is 14.3 Å². The molecule has 0 bridgehead atoms. The molecule has 0 spiro atoms. The van der Waals surface area contributed by atoms with Gasteiger partial charge in [0.05, 0.1) is 6.42 Å². The molecule has 0 saturated heterocycles. The lowest BCUT2D eigenvalue weighted by Crippen LogP contribution is -2.42. The van der Waals surface area contributed by atoms with Crippen molar-refractivity contribution in [1.29, 1.82) is 0 Å². The Morgan fingerprint density at radius 1 is 1.15 bits per heavy atom. The molecule has 1 N–H and O–H groups in total. The fourth-order valence-electron chi connectivity index (χ4n) is 1.87. The van der Waals surface area contributed by atoms with E-state index in [2.05, 4.69) is 24.1 Å². The molecule has 0 saturated carbocycles. The predicted molar refractivity (Wildman–Crippen MR) is 80.5 cm³/mol. The van der Waals surface area contributed by atoms with Gasteiger partial charge in [0.15, 0.2) is 0 Å². The van der Waals surface area contributed by atoms with Gasteiger partial charge in [0.25, 0.3) is 0 Å². The van der Waals surface area contributed by atoms with Gasteiger partial charge in [-0.2, -0.15) is 0 Å². The van der Waals surface area contributed by atoms with Crippen LogP contribution in [-0.4, -0.2) is 48.1 Å². The molecule has 0 aromatic rings. The van der Waals surface area contributed by atoms with Crippen LogP contribution < -0.4 is 5.32 Å². The zero-order valence-corrected chi connectivity index (χ0v) is 13.8. The molecule has 1 unspecified atom stereocenters. The van der Waals surface area contributed by atoms with Gasteiger partial charge in [-0.1, -0.05) is 13.8 Å². The number of hydrogen-bond donors (Lipinski definition) is 1. The van der Waals surface area contributed by atoms with Gasteiger partial charge >= 0.3 is 5.97 Å². The number of nitrogens with one attached hydrogen (secondary N) is 1. The lowest BCUT2D eigenvalue weighted by Gasteiger charge is -2.23. The first kappa shape index (κ1) is 18.9. The fourth-order valence-corrected chi connectivity index (χ4v) is 1.87. The Balaban J connectivity index is 3.96. The Morgan fingerprint density at radius 2 is 1.70 bits per heavy atom. The van der Waals surface area contributed by atoms with E-state index >= 15 is 0 Å². The molecule has 0 aliphatic heterocycles. The van der Waals surface area contributed by atoms with Crippen LogP contribution in [0, 0.1) is 0 Å². The summed E-state index contributed by atoms with van der Waals surface area (Å²) in [5.74, 6) is -0.431. The van der Waals surface area contributed by atoms with Gasteiger partial charge in [0.1, 0.15) is 5.60 Å². The summed E-state index contributed by atoms with van der Waals surface area (Å²) in [6, 6.07) is 0.0843. The molecule has 118 valence electrons. The second-order valence-electron chi connectivity index (χ2n) is 6.04. The van der Waals surface area contributed by atoms with Crippen LogP contribution in [0.5, 0.6) is 0 Å². The number of carbonyl (C=O) groups is 2. The van der Waals surface area contributed by atoms with Gasteiger partial charge in [-0.15, -0.1) is 0 Å². The fraction of sp³-hybridized carbons (Fsp3) is 0.867. The van der Waals surface area contributed by atoms with Crippen LogP contribution in [0.1, 0.15) is 54.4 Å². The van der Waals surface area contributed by atoms with Crippen molar-refractivity contribution in [3.8, 4) is 0 Å². The zero-order chi connectivity index (χ0) is 15.8. The summed E-state index contributed by atoms with van der Waals surface area (Å²) >= 11 is 0. The monoisotopic (exact) mass is 286 g/mol. The lowest BCUT2D eigenvalue weighted by molar-refractivity contribution is -0.155. The molecule has 1 atom stereocenters. The number of likely N-dealkylation sites (N-methyl/N-ethyl adjacent to an activating group) is 1. The summed E-state index contributed by atoms with van der Waals surface area (Å²) in [6.07, 6.45) is 0.304. The molecular weight excluding hydrogens is 256 g/mol. The summed E-state index contributed by atoms with van der Waals surface area (Å²) < 4.78 is 5.17. The van der Waals surface area contributed by atoms with Crippen molar-refractivity contribution in [3.05, 3.63) is 0 Å². The van der Waals surface area contributed by atoms with E-state index in [1.54, 1.807) is 0 Å². The Bertz CT molecular complexity index is 307. The summed E-state index contributed by atoms with van der Waals surface area (Å²) in [6.45, 7) is 14.4. The normalized spacial score (nSPS) is 13.2. The summed E-state index contributed by atoms with van der Waals surface area (Å²) in [7, 11) is 0. The van der Waals surface area contributed by atoms with E-state index in [1.807, 2.05) is 27.7 Å². The molecule has 5 heteroatoms. The van der Waals surface area contributed by atoms with Crippen molar-refractivity contribution in [2.75, 3.05) is 19.6 Å². The number of ether oxygens (including phenoxy) is 1. The van der Waals surface area contributed by atoms with Crippen LogP contribution in [0.25, 0.3) is 0 Å². The number of carbonyl (C=O) groups excluding carboxylic acids is 2. The molecule has 5 nitrogen and oxygen atoms in total. The van der Waals surface area contributed by atoms with Crippen molar-refractivity contribution in [3.63, 3.8) is 0 Å². The first-order valence-electron chi connectivity index (χ1n) is 7.41. The number of amides is 1. The van der Waals surface area contributed by atoms with E-state index in [0.717, 1.165) is 19.6 Å². The van der Waals surface area contributed by atoms with Gasteiger partial charge in [0.2, 0.25) is 5.91 Å². The minimum atomic E-state index is -0.496. The smallest absolute Gasteiger partial charge is 0.306 e. The third-order valence-corrected chi connectivity index (χ3v) is 2.81. The predicted octanol–water partition coefficient (Wildman–Crippen LogP) is 1.95. The SMILES string of the molecule is CCN(CC)CC(C)NC(=O)CCC(=O)OC(C)(C)C. The Labute approximate surface area is 123 Å². The van der Waals surface area contributed by atoms with Crippen molar-refractivity contribution < 1.29 is 14.3 Å². The summed E-state index contributed by atoms with van der Waals surface area (Å²) in [4.78, 5) is 25.5. The van der Waals surface area contributed by atoms with Gasteiger partial charge in [-0.05, 0) is 40.8 Å². The van der Waals surface area contributed by atoms with Crippen molar-refractivity contribution in [1.82, 2.24) is 10.2 Å². The van der Waals surface area contributed by atoms with Gasteiger partial charge < -0.3 is 15.0 Å². The quantitative estimate of drug-likeness (QED) is 0.693. The summed E-state index contributed by atoms with van der Waals surface area (Å²) in [5, 5.41) is 2.91. The zero-order valence-electron chi connectivity index (χ0n) is 13.8. The maximum Gasteiger partial charge on any atom is 0.306 e. The van der Waals surface area contributed by atoms with Crippen molar-refractivity contribution in [2.45, 2.75) is 66.0 Å². The van der Waals surface area contributed by atoms with Crippen LogP contribution in [0.3, 0.4) is 0 Å². The average molecular weight is 286 g/mol. The van der Waals surface area contributed by atoms with Crippen LogP contribution in [0.2, 0.25) is 0 Å². The second kappa shape index (κ2) is 8.95. The number of esters is 1. The highest BCUT2D eigenvalue weighted by atomic mass is 16.6. The second-order valence-corrected chi connectivity index (χ2v) is 6.04. The molecule has 20 heavy (non-hydrogen) atoms. The number of rotatable bonds is 8. The maximum atomic E-state index is 11.7. The van der Waals surface area contributed by atoms with Crippen molar-refractivity contribution in [2.24, 2.45) is 0 Å².